The second-order valence-corrected chi connectivity index (χ2v) is 6.98. The highest BCUT2D eigenvalue weighted by molar-refractivity contribution is 7.10. The van der Waals surface area contributed by atoms with Gasteiger partial charge in [0.2, 0.25) is 0 Å². The molecule has 0 amide bonds. The third-order valence-corrected chi connectivity index (χ3v) is 5.41. The van der Waals surface area contributed by atoms with Gasteiger partial charge in [0, 0.05) is 24.4 Å². The van der Waals surface area contributed by atoms with E-state index in [9.17, 15) is 5.11 Å². The van der Waals surface area contributed by atoms with E-state index in [4.69, 9.17) is 9.47 Å². The predicted octanol–water partition coefficient (Wildman–Crippen LogP) is 3.03. The quantitative estimate of drug-likeness (QED) is 0.917. The van der Waals surface area contributed by atoms with Gasteiger partial charge in [-0.15, -0.1) is 11.3 Å². The van der Waals surface area contributed by atoms with Gasteiger partial charge in [0.05, 0.1) is 20.3 Å². The van der Waals surface area contributed by atoms with Crippen molar-refractivity contribution in [1.29, 1.82) is 0 Å². The Labute approximate surface area is 141 Å². The molecule has 0 fully saturated rings. The summed E-state index contributed by atoms with van der Waals surface area (Å²) >= 11 is 1.72. The van der Waals surface area contributed by atoms with Crippen molar-refractivity contribution in [2.24, 2.45) is 0 Å². The molecule has 1 aromatic heterocycles. The van der Waals surface area contributed by atoms with Gasteiger partial charge < -0.3 is 19.5 Å². The number of likely N-dealkylation sites (N-methyl/N-ethyl adjacent to an activating group) is 1. The Morgan fingerprint density at radius 1 is 1.17 bits per heavy atom. The number of fused-ring (bicyclic) bond motifs is 2. The van der Waals surface area contributed by atoms with Gasteiger partial charge in [-0.25, -0.2) is 0 Å². The molecule has 2 aromatic rings. The predicted molar refractivity (Wildman–Crippen MR) is 92.6 cm³/mol. The molecule has 124 valence electrons. The number of benzene rings is 1. The first kappa shape index (κ1) is 16.3. The Balaban J connectivity index is 2.04. The lowest BCUT2D eigenvalue weighted by atomic mass is 9.95. The standard InChI is InChI=1S/C18H23NO3S/c1-19-6-4-12-8-16(21-2)17(22-3)9-14(12)15(20)10-18-13(11-19)5-7-23-18/h5,7-9,15,20H,4,6,10-11H2,1-3H3. The number of thiophene rings is 1. The molecular formula is C18H23NO3S. The van der Waals surface area contributed by atoms with Crippen molar-refractivity contribution < 1.29 is 14.6 Å². The Bertz CT molecular complexity index is 683. The molecule has 0 bridgehead atoms. The maximum absolute atomic E-state index is 10.8. The van der Waals surface area contributed by atoms with Crippen molar-refractivity contribution >= 4 is 11.3 Å². The zero-order chi connectivity index (χ0) is 16.4. The van der Waals surface area contributed by atoms with Gasteiger partial charge >= 0.3 is 0 Å². The molecule has 0 aliphatic carbocycles. The fourth-order valence-electron chi connectivity index (χ4n) is 3.12. The van der Waals surface area contributed by atoms with Crippen LogP contribution in [0, 0.1) is 0 Å². The molecular weight excluding hydrogens is 310 g/mol. The van der Waals surface area contributed by atoms with Crippen molar-refractivity contribution in [2.75, 3.05) is 27.8 Å². The lowest BCUT2D eigenvalue weighted by Gasteiger charge is -2.24. The number of hydrogen-bond acceptors (Lipinski definition) is 5. The zero-order valence-electron chi connectivity index (χ0n) is 13.8. The fraction of sp³-hybridized carbons (Fsp3) is 0.444. The summed E-state index contributed by atoms with van der Waals surface area (Å²) in [6, 6.07) is 6.09. The number of aliphatic hydroxyl groups is 1. The minimum Gasteiger partial charge on any atom is -0.493 e. The largest absolute Gasteiger partial charge is 0.493 e. The summed E-state index contributed by atoms with van der Waals surface area (Å²) in [6.45, 7) is 1.86. The second-order valence-electron chi connectivity index (χ2n) is 5.98. The summed E-state index contributed by atoms with van der Waals surface area (Å²) < 4.78 is 10.8. The van der Waals surface area contributed by atoms with Crippen molar-refractivity contribution in [2.45, 2.75) is 25.5 Å². The van der Waals surface area contributed by atoms with Crippen LogP contribution in [0.15, 0.2) is 23.6 Å². The average Bonchev–Trinajstić information content (AvgIpc) is 2.98. The van der Waals surface area contributed by atoms with E-state index in [-0.39, 0.29) is 0 Å². The van der Waals surface area contributed by atoms with Crippen LogP contribution in [-0.4, -0.2) is 37.8 Å². The molecule has 2 heterocycles. The Morgan fingerprint density at radius 3 is 2.65 bits per heavy atom. The second kappa shape index (κ2) is 6.91. The molecule has 1 atom stereocenters. The first-order valence-electron chi connectivity index (χ1n) is 7.79. The lowest BCUT2D eigenvalue weighted by molar-refractivity contribution is 0.175. The fourth-order valence-corrected chi connectivity index (χ4v) is 4.05. The van der Waals surface area contributed by atoms with Crippen LogP contribution < -0.4 is 9.47 Å². The lowest BCUT2D eigenvalue weighted by Crippen LogP contribution is -2.23. The molecule has 1 unspecified atom stereocenters. The van der Waals surface area contributed by atoms with Gasteiger partial charge in [-0.2, -0.15) is 0 Å². The number of ether oxygens (including phenoxy) is 2. The molecule has 1 aliphatic heterocycles. The molecule has 23 heavy (non-hydrogen) atoms. The van der Waals surface area contributed by atoms with Crippen molar-refractivity contribution in [3.8, 4) is 11.5 Å². The van der Waals surface area contributed by atoms with Crippen LogP contribution in [0.25, 0.3) is 0 Å². The van der Waals surface area contributed by atoms with E-state index in [0.717, 1.165) is 36.4 Å². The van der Waals surface area contributed by atoms with Crippen LogP contribution in [0.5, 0.6) is 11.5 Å². The van der Waals surface area contributed by atoms with Gasteiger partial charge in [-0.1, -0.05) is 0 Å². The van der Waals surface area contributed by atoms with Crippen LogP contribution in [-0.2, 0) is 19.4 Å². The first-order chi connectivity index (χ1) is 11.1. The summed E-state index contributed by atoms with van der Waals surface area (Å²) in [4.78, 5) is 3.58. The highest BCUT2D eigenvalue weighted by Gasteiger charge is 2.21. The molecule has 4 nitrogen and oxygen atoms in total. The smallest absolute Gasteiger partial charge is 0.161 e. The molecule has 1 aromatic carbocycles. The van der Waals surface area contributed by atoms with Gasteiger partial charge in [-0.3, -0.25) is 0 Å². The Morgan fingerprint density at radius 2 is 1.91 bits per heavy atom. The highest BCUT2D eigenvalue weighted by Crippen LogP contribution is 2.36. The van der Waals surface area contributed by atoms with Crippen LogP contribution in [0.3, 0.4) is 0 Å². The molecule has 5 heteroatoms. The maximum atomic E-state index is 10.8. The van der Waals surface area contributed by atoms with Gasteiger partial charge in [-0.05, 0) is 53.7 Å². The molecule has 0 radical (unpaired) electrons. The molecule has 0 spiro atoms. The third kappa shape index (κ3) is 3.37. The zero-order valence-corrected chi connectivity index (χ0v) is 14.7. The summed E-state index contributed by atoms with van der Waals surface area (Å²) in [6.07, 6.45) is 0.997. The van der Waals surface area contributed by atoms with E-state index in [2.05, 4.69) is 23.4 Å². The summed E-state index contributed by atoms with van der Waals surface area (Å²) in [5.74, 6) is 1.39. The normalized spacial score (nSPS) is 18.9. The molecule has 3 rings (SSSR count). The molecule has 0 saturated carbocycles. The number of methoxy groups -OCH3 is 2. The monoisotopic (exact) mass is 333 g/mol. The van der Waals surface area contributed by atoms with Gasteiger partial charge in [0.15, 0.2) is 11.5 Å². The minimum atomic E-state index is -0.523. The van der Waals surface area contributed by atoms with E-state index in [0.29, 0.717) is 12.2 Å². The van der Waals surface area contributed by atoms with E-state index in [1.165, 1.54) is 10.4 Å². The maximum Gasteiger partial charge on any atom is 0.161 e. The topological polar surface area (TPSA) is 41.9 Å². The van der Waals surface area contributed by atoms with Crippen molar-refractivity contribution in [1.82, 2.24) is 4.90 Å². The number of nitrogens with zero attached hydrogens (tertiary/aromatic N) is 1. The Kier molecular flexibility index (Phi) is 4.90. The highest BCUT2D eigenvalue weighted by atomic mass is 32.1. The SMILES string of the molecule is COc1cc2c(cc1OC)C(O)Cc1sccc1CN(C)CC2. The third-order valence-electron chi connectivity index (χ3n) is 4.42. The first-order valence-corrected chi connectivity index (χ1v) is 8.67. The van der Waals surface area contributed by atoms with Gasteiger partial charge in [0.25, 0.3) is 0 Å². The van der Waals surface area contributed by atoms with Crippen molar-refractivity contribution in [3.63, 3.8) is 0 Å². The average molecular weight is 333 g/mol. The number of hydrogen-bond donors (Lipinski definition) is 1. The van der Waals surface area contributed by atoms with Crippen molar-refractivity contribution in [3.05, 3.63) is 45.1 Å². The van der Waals surface area contributed by atoms with E-state index < -0.39 is 6.10 Å². The summed E-state index contributed by atoms with van der Waals surface area (Å²) in [7, 11) is 5.41. The Hall–Kier alpha value is -1.56. The van der Waals surface area contributed by atoms with Crippen LogP contribution >= 0.6 is 11.3 Å². The number of rotatable bonds is 2. The minimum absolute atomic E-state index is 0.523. The van der Waals surface area contributed by atoms with Crippen LogP contribution in [0.1, 0.15) is 27.7 Å². The molecule has 0 saturated heterocycles. The molecule has 1 N–H and O–H groups in total. The summed E-state index contributed by atoms with van der Waals surface area (Å²) in [5.41, 5.74) is 3.39. The van der Waals surface area contributed by atoms with E-state index in [1.807, 2.05) is 12.1 Å². The van der Waals surface area contributed by atoms with Gasteiger partial charge in [0.1, 0.15) is 0 Å². The van der Waals surface area contributed by atoms with Crippen LogP contribution in [0.2, 0.25) is 0 Å². The van der Waals surface area contributed by atoms with Crippen LogP contribution in [0.4, 0.5) is 0 Å². The summed E-state index contributed by atoms with van der Waals surface area (Å²) in [5, 5.41) is 12.9. The van der Waals surface area contributed by atoms with E-state index in [1.54, 1.807) is 25.6 Å². The van der Waals surface area contributed by atoms with E-state index >= 15 is 0 Å². The molecule has 1 aliphatic rings. The number of aliphatic hydroxyl groups excluding tert-OH is 1.